The average Bonchev–Trinajstić information content (AvgIpc) is 2.96. The first-order valence-corrected chi connectivity index (χ1v) is 15.7. The van der Waals surface area contributed by atoms with Gasteiger partial charge in [-0.05, 0) is 127 Å². The fraction of sp³-hybridized carbons (Fsp3) is 0.385. The first-order valence-electron chi connectivity index (χ1n) is 15.7. The van der Waals surface area contributed by atoms with Gasteiger partial charge in [0.1, 0.15) is 0 Å². The Balaban J connectivity index is 1.45. The summed E-state index contributed by atoms with van der Waals surface area (Å²) >= 11 is 0. The molecule has 0 radical (unpaired) electrons. The quantitative estimate of drug-likeness (QED) is 0.154. The van der Waals surface area contributed by atoms with Crippen LogP contribution in [0.25, 0.3) is 0 Å². The standard InChI is InChI=1S/C39H48N2/c1-4-5-6-7-30-20-22-39(23-21-30,37-18-12-33(24-28(37)2)26-31-8-14-35(40)15-9-31)38-19-13-34(25-29(38)3)27-32-10-16-36(41)17-11-32/h8-19,24-25,30H,4-7,20-23,26-27,40-41H2,1-3H3. The van der Waals surface area contributed by atoms with Gasteiger partial charge >= 0.3 is 0 Å². The molecule has 0 amide bonds. The highest BCUT2D eigenvalue weighted by atomic mass is 14.5. The zero-order chi connectivity index (χ0) is 28.8. The van der Waals surface area contributed by atoms with E-state index in [0.717, 1.165) is 30.1 Å². The Hall–Kier alpha value is -3.52. The maximum absolute atomic E-state index is 5.92. The number of anilines is 2. The zero-order valence-corrected chi connectivity index (χ0v) is 25.4. The first-order chi connectivity index (χ1) is 19.9. The highest BCUT2D eigenvalue weighted by Crippen LogP contribution is 2.49. The molecule has 4 aromatic rings. The minimum Gasteiger partial charge on any atom is -0.399 e. The third-order valence-electron chi connectivity index (χ3n) is 9.56. The molecule has 2 nitrogen and oxygen atoms in total. The van der Waals surface area contributed by atoms with Crippen molar-refractivity contribution in [3.8, 4) is 0 Å². The maximum Gasteiger partial charge on any atom is 0.0314 e. The van der Waals surface area contributed by atoms with Gasteiger partial charge in [-0.1, -0.05) is 93.3 Å². The van der Waals surface area contributed by atoms with Crippen molar-refractivity contribution < 1.29 is 0 Å². The summed E-state index contributed by atoms with van der Waals surface area (Å²) in [5.74, 6) is 0.866. The van der Waals surface area contributed by atoms with Crippen LogP contribution in [-0.2, 0) is 18.3 Å². The molecule has 1 aliphatic carbocycles. The number of nitrogens with two attached hydrogens (primary N) is 2. The topological polar surface area (TPSA) is 52.0 Å². The molecule has 0 bridgehead atoms. The minimum absolute atomic E-state index is 0.0783. The summed E-state index contributed by atoms with van der Waals surface area (Å²) in [5, 5.41) is 0. The van der Waals surface area contributed by atoms with Gasteiger partial charge in [-0.3, -0.25) is 0 Å². The molecule has 1 aliphatic rings. The lowest BCUT2D eigenvalue weighted by Gasteiger charge is -2.43. The predicted molar refractivity (Wildman–Crippen MR) is 177 cm³/mol. The minimum atomic E-state index is 0.0783. The molecule has 0 unspecified atom stereocenters. The molecule has 0 atom stereocenters. The fourth-order valence-corrected chi connectivity index (χ4v) is 7.31. The van der Waals surface area contributed by atoms with Crippen LogP contribution < -0.4 is 11.5 Å². The van der Waals surface area contributed by atoms with Crippen LogP contribution >= 0.6 is 0 Å². The molecule has 0 spiro atoms. The maximum atomic E-state index is 5.92. The number of rotatable bonds is 10. The third-order valence-corrected chi connectivity index (χ3v) is 9.56. The summed E-state index contributed by atoms with van der Waals surface area (Å²) < 4.78 is 0. The number of nitrogen functional groups attached to an aromatic ring is 2. The van der Waals surface area contributed by atoms with Crippen LogP contribution in [0.1, 0.15) is 103 Å². The predicted octanol–water partition coefficient (Wildman–Crippen LogP) is 9.71. The molecule has 41 heavy (non-hydrogen) atoms. The Labute approximate surface area is 248 Å². The lowest BCUT2D eigenvalue weighted by molar-refractivity contribution is 0.249. The smallest absolute Gasteiger partial charge is 0.0314 e. The zero-order valence-electron chi connectivity index (χ0n) is 25.4. The molecule has 0 heterocycles. The van der Waals surface area contributed by atoms with Crippen LogP contribution in [-0.4, -0.2) is 0 Å². The van der Waals surface area contributed by atoms with Crippen molar-refractivity contribution in [3.63, 3.8) is 0 Å². The molecule has 214 valence electrons. The van der Waals surface area contributed by atoms with Crippen molar-refractivity contribution >= 4 is 11.4 Å². The van der Waals surface area contributed by atoms with Gasteiger partial charge in [0.05, 0.1) is 0 Å². The van der Waals surface area contributed by atoms with E-state index in [9.17, 15) is 0 Å². The monoisotopic (exact) mass is 544 g/mol. The summed E-state index contributed by atoms with van der Waals surface area (Å²) in [4.78, 5) is 0. The second kappa shape index (κ2) is 13.0. The van der Waals surface area contributed by atoms with Crippen molar-refractivity contribution in [2.45, 2.75) is 90.4 Å². The number of aryl methyl sites for hydroxylation is 2. The van der Waals surface area contributed by atoms with Crippen LogP contribution in [0.15, 0.2) is 84.9 Å². The van der Waals surface area contributed by atoms with Crippen molar-refractivity contribution in [1.29, 1.82) is 0 Å². The molecule has 0 aliphatic heterocycles. The Morgan fingerprint density at radius 1 is 0.610 bits per heavy atom. The Morgan fingerprint density at radius 3 is 1.46 bits per heavy atom. The number of unbranched alkanes of at least 4 members (excludes halogenated alkanes) is 2. The molecule has 0 aromatic heterocycles. The van der Waals surface area contributed by atoms with E-state index in [1.165, 1.54) is 95.9 Å². The van der Waals surface area contributed by atoms with E-state index in [4.69, 9.17) is 11.5 Å². The number of hydrogen-bond acceptors (Lipinski definition) is 2. The molecular weight excluding hydrogens is 496 g/mol. The lowest BCUT2D eigenvalue weighted by atomic mass is 9.60. The van der Waals surface area contributed by atoms with Gasteiger partial charge in [0.15, 0.2) is 0 Å². The van der Waals surface area contributed by atoms with Crippen LogP contribution in [0.2, 0.25) is 0 Å². The molecule has 5 rings (SSSR count). The van der Waals surface area contributed by atoms with Crippen LogP contribution in [0.4, 0.5) is 11.4 Å². The second-order valence-electron chi connectivity index (χ2n) is 12.7. The van der Waals surface area contributed by atoms with E-state index >= 15 is 0 Å². The Kier molecular flexibility index (Phi) is 9.18. The van der Waals surface area contributed by atoms with Gasteiger partial charge < -0.3 is 11.5 Å². The summed E-state index contributed by atoms with van der Waals surface area (Å²) in [6.07, 6.45) is 12.4. The van der Waals surface area contributed by atoms with Gasteiger partial charge in [-0.15, -0.1) is 0 Å². The van der Waals surface area contributed by atoms with Crippen molar-refractivity contribution in [2.24, 2.45) is 5.92 Å². The highest BCUT2D eigenvalue weighted by molar-refractivity contribution is 5.50. The van der Waals surface area contributed by atoms with E-state index < -0.39 is 0 Å². The largest absolute Gasteiger partial charge is 0.399 e. The summed E-state index contributed by atoms with van der Waals surface area (Å²) in [6.45, 7) is 6.98. The molecule has 2 heteroatoms. The van der Waals surface area contributed by atoms with E-state index in [-0.39, 0.29) is 5.41 Å². The van der Waals surface area contributed by atoms with Gasteiger partial charge in [0.2, 0.25) is 0 Å². The Bertz CT molecular complexity index is 1320. The Morgan fingerprint density at radius 2 is 1.05 bits per heavy atom. The van der Waals surface area contributed by atoms with Crippen LogP contribution in [0.3, 0.4) is 0 Å². The van der Waals surface area contributed by atoms with E-state index in [2.05, 4.69) is 81.4 Å². The van der Waals surface area contributed by atoms with Crippen LogP contribution in [0, 0.1) is 19.8 Å². The summed E-state index contributed by atoms with van der Waals surface area (Å²) in [7, 11) is 0. The molecule has 1 saturated carbocycles. The number of benzene rings is 4. The number of hydrogen-bond donors (Lipinski definition) is 2. The summed E-state index contributed by atoms with van der Waals surface area (Å²) in [6, 6.07) is 31.1. The normalized spacial score (nSPS) is 15.2. The van der Waals surface area contributed by atoms with E-state index in [1.54, 1.807) is 0 Å². The average molecular weight is 545 g/mol. The first kappa shape index (κ1) is 29.0. The fourth-order valence-electron chi connectivity index (χ4n) is 7.31. The lowest BCUT2D eigenvalue weighted by Crippen LogP contribution is -2.34. The highest BCUT2D eigenvalue weighted by Gasteiger charge is 2.40. The SMILES string of the molecule is CCCCCC1CCC(c2ccc(Cc3ccc(N)cc3)cc2C)(c2ccc(Cc3ccc(N)cc3)cc2C)CC1. The summed E-state index contributed by atoms with van der Waals surface area (Å²) in [5.41, 5.74) is 24.8. The van der Waals surface area contributed by atoms with Gasteiger partial charge in [-0.2, -0.15) is 0 Å². The van der Waals surface area contributed by atoms with Gasteiger partial charge in [0.25, 0.3) is 0 Å². The van der Waals surface area contributed by atoms with Crippen LogP contribution in [0.5, 0.6) is 0 Å². The van der Waals surface area contributed by atoms with Crippen molar-refractivity contribution in [2.75, 3.05) is 11.5 Å². The van der Waals surface area contributed by atoms with Gasteiger partial charge in [-0.25, -0.2) is 0 Å². The van der Waals surface area contributed by atoms with E-state index in [0.29, 0.717) is 0 Å². The van der Waals surface area contributed by atoms with Crippen molar-refractivity contribution in [3.05, 3.63) is 129 Å². The van der Waals surface area contributed by atoms with Gasteiger partial charge in [0, 0.05) is 16.8 Å². The molecule has 4 N–H and O–H groups in total. The van der Waals surface area contributed by atoms with Crippen molar-refractivity contribution in [1.82, 2.24) is 0 Å². The molecule has 4 aromatic carbocycles. The van der Waals surface area contributed by atoms with E-state index in [1.807, 2.05) is 24.3 Å². The molecular formula is C39H48N2. The molecule has 0 saturated heterocycles. The third kappa shape index (κ3) is 6.87. The molecule has 1 fully saturated rings. The second-order valence-corrected chi connectivity index (χ2v) is 12.7.